The van der Waals surface area contributed by atoms with E-state index in [-0.39, 0.29) is 29.6 Å². The van der Waals surface area contributed by atoms with Crippen molar-refractivity contribution in [2.75, 3.05) is 33.9 Å². The average Bonchev–Trinajstić information content (AvgIpc) is 3.23. The lowest BCUT2D eigenvalue weighted by Gasteiger charge is -2.21. The monoisotopic (exact) mass is 545 g/mol. The van der Waals surface area contributed by atoms with Crippen molar-refractivity contribution in [3.63, 3.8) is 0 Å². The number of rotatable bonds is 12. The lowest BCUT2D eigenvalue weighted by molar-refractivity contribution is 0.0310. The zero-order chi connectivity index (χ0) is 21.8. The first kappa shape index (κ1) is 27.2. The highest BCUT2D eigenvalue weighted by Crippen LogP contribution is 2.20. The Morgan fingerprint density at radius 2 is 1.84 bits per heavy atom. The minimum atomic E-state index is -0.267. The Labute approximate surface area is 202 Å². The fourth-order valence-electron chi connectivity index (χ4n) is 2.67. The van der Waals surface area contributed by atoms with Crippen LogP contribution in [0.1, 0.15) is 45.9 Å². The summed E-state index contributed by atoms with van der Waals surface area (Å²) in [5.74, 6) is 2.91. The molecule has 31 heavy (non-hydrogen) atoms. The molecule has 2 N–H and O–H groups in total. The molecule has 0 bridgehead atoms. The molecule has 0 saturated carbocycles. The fourth-order valence-corrected chi connectivity index (χ4v) is 2.67. The molecule has 0 unspecified atom stereocenters. The molecule has 0 aliphatic carbocycles. The molecule has 0 saturated heterocycles. The SMILES string of the molecule is CCNC(=NCC(C)(C)OC)NCCCCCc1nc(-c2ccc(OC)cc2)no1.I. The summed E-state index contributed by atoms with van der Waals surface area (Å²) in [6, 6.07) is 7.63. The minimum Gasteiger partial charge on any atom is -0.497 e. The van der Waals surface area contributed by atoms with Crippen LogP contribution in [-0.2, 0) is 11.2 Å². The van der Waals surface area contributed by atoms with Gasteiger partial charge in [-0.15, -0.1) is 24.0 Å². The Balaban J connectivity index is 0.00000480. The minimum absolute atomic E-state index is 0. The number of guanidine groups is 1. The number of aryl methyl sites for hydroxylation is 1. The number of methoxy groups -OCH3 is 2. The number of halogens is 1. The van der Waals surface area contributed by atoms with Crippen LogP contribution in [0.4, 0.5) is 0 Å². The lowest BCUT2D eigenvalue weighted by atomic mass is 10.1. The Kier molecular flexibility index (Phi) is 12.5. The van der Waals surface area contributed by atoms with Crippen molar-refractivity contribution in [3.8, 4) is 17.1 Å². The maximum Gasteiger partial charge on any atom is 0.226 e. The largest absolute Gasteiger partial charge is 0.497 e. The van der Waals surface area contributed by atoms with E-state index in [1.807, 2.05) is 38.1 Å². The number of hydrogen-bond donors (Lipinski definition) is 2. The maximum atomic E-state index is 5.42. The standard InChI is InChI=1S/C22H35N5O3.HI/c1-6-23-21(25-16-22(2,3)29-5)24-15-9-7-8-10-19-26-20(27-30-19)17-11-13-18(28-4)14-12-17;/h11-14H,6-10,15-16H2,1-5H3,(H2,23,24,25);1H. The highest BCUT2D eigenvalue weighted by molar-refractivity contribution is 14.0. The van der Waals surface area contributed by atoms with Gasteiger partial charge in [0.15, 0.2) is 5.96 Å². The number of nitrogens with zero attached hydrogens (tertiary/aromatic N) is 3. The summed E-state index contributed by atoms with van der Waals surface area (Å²) < 4.78 is 16.0. The molecule has 0 spiro atoms. The van der Waals surface area contributed by atoms with Crippen LogP contribution in [0.2, 0.25) is 0 Å². The number of benzene rings is 1. The molecule has 1 aromatic carbocycles. The normalized spacial score (nSPS) is 11.7. The van der Waals surface area contributed by atoms with Crippen LogP contribution in [0, 0.1) is 0 Å². The lowest BCUT2D eigenvalue weighted by Crippen LogP contribution is -2.39. The number of nitrogens with one attached hydrogen (secondary N) is 2. The van der Waals surface area contributed by atoms with Crippen molar-refractivity contribution in [1.82, 2.24) is 20.8 Å². The van der Waals surface area contributed by atoms with Crippen LogP contribution in [-0.4, -0.2) is 55.6 Å². The van der Waals surface area contributed by atoms with Crippen LogP contribution in [0.3, 0.4) is 0 Å². The number of aromatic nitrogens is 2. The first-order valence-electron chi connectivity index (χ1n) is 10.5. The molecule has 0 amide bonds. The molecule has 0 radical (unpaired) electrons. The maximum absolute atomic E-state index is 5.42. The molecule has 2 rings (SSSR count). The van der Waals surface area contributed by atoms with E-state index < -0.39 is 0 Å². The smallest absolute Gasteiger partial charge is 0.226 e. The van der Waals surface area contributed by atoms with Gasteiger partial charge >= 0.3 is 0 Å². The average molecular weight is 545 g/mol. The van der Waals surface area contributed by atoms with Gasteiger partial charge in [0.25, 0.3) is 0 Å². The predicted octanol–water partition coefficient (Wildman–Crippen LogP) is 4.06. The third-order valence-electron chi connectivity index (χ3n) is 4.69. The zero-order valence-corrected chi connectivity index (χ0v) is 21.6. The first-order valence-corrected chi connectivity index (χ1v) is 10.5. The van der Waals surface area contributed by atoms with Crippen molar-refractivity contribution in [2.24, 2.45) is 4.99 Å². The van der Waals surface area contributed by atoms with Crippen molar-refractivity contribution in [1.29, 1.82) is 0 Å². The molecular formula is C22H36IN5O3. The predicted molar refractivity (Wildman–Crippen MR) is 134 cm³/mol. The van der Waals surface area contributed by atoms with Crippen molar-refractivity contribution >= 4 is 29.9 Å². The molecule has 1 heterocycles. The Bertz CT molecular complexity index is 778. The van der Waals surface area contributed by atoms with E-state index >= 15 is 0 Å². The summed E-state index contributed by atoms with van der Waals surface area (Å²) in [6.45, 7) is 8.40. The summed E-state index contributed by atoms with van der Waals surface area (Å²) in [5, 5.41) is 10.7. The molecule has 0 aliphatic rings. The van der Waals surface area contributed by atoms with E-state index in [0.717, 1.165) is 56.0 Å². The highest BCUT2D eigenvalue weighted by Gasteiger charge is 2.15. The van der Waals surface area contributed by atoms with Crippen LogP contribution < -0.4 is 15.4 Å². The van der Waals surface area contributed by atoms with Gasteiger partial charge in [0.2, 0.25) is 11.7 Å². The third-order valence-corrected chi connectivity index (χ3v) is 4.69. The van der Waals surface area contributed by atoms with Crippen LogP contribution >= 0.6 is 24.0 Å². The number of aliphatic imine (C=N–C) groups is 1. The van der Waals surface area contributed by atoms with Crippen molar-refractivity contribution in [3.05, 3.63) is 30.2 Å². The summed E-state index contributed by atoms with van der Waals surface area (Å²) in [6.07, 6.45) is 3.88. The van der Waals surface area contributed by atoms with Gasteiger partial charge in [-0.25, -0.2) is 0 Å². The van der Waals surface area contributed by atoms with E-state index in [0.29, 0.717) is 18.3 Å². The molecule has 1 aromatic heterocycles. The molecule has 9 heteroatoms. The highest BCUT2D eigenvalue weighted by atomic mass is 127. The van der Waals surface area contributed by atoms with E-state index in [9.17, 15) is 0 Å². The zero-order valence-electron chi connectivity index (χ0n) is 19.2. The van der Waals surface area contributed by atoms with E-state index in [1.165, 1.54) is 0 Å². The van der Waals surface area contributed by atoms with Gasteiger partial charge in [-0.1, -0.05) is 11.6 Å². The molecule has 174 valence electrons. The van der Waals surface area contributed by atoms with E-state index in [4.69, 9.17) is 14.0 Å². The summed E-state index contributed by atoms with van der Waals surface area (Å²) in [5.41, 5.74) is 0.652. The molecule has 0 fully saturated rings. The van der Waals surface area contributed by atoms with Gasteiger partial charge in [0.1, 0.15) is 5.75 Å². The third kappa shape index (κ3) is 9.86. The van der Waals surface area contributed by atoms with Gasteiger partial charge in [0, 0.05) is 32.2 Å². The summed E-state index contributed by atoms with van der Waals surface area (Å²) in [4.78, 5) is 9.08. The summed E-state index contributed by atoms with van der Waals surface area (Å²) in [7, 11) is 3.35. The molecule has 0 aliphatic heterocycles. The molecular weight excluding hydrogens is 509 g/mol. The molecule has 0 atom stereocenters. The van der Waals surface area contributed by atoms with E-state index in [2.05, 4.69) is 32.7 Å². The Morgan fingerprint density at radius 1 is 1.10 bits per heavy atom. The Morgan fingerprint density at radius 3 is 2.48 bits per heavy atom. The number of hydrogen-bond acceptors (Lipinski definition) is 6. The van der Waals surface area contributed by atoms with Gasteiger partial charge < -0.3 is 24.6 Å². The quantitative estimate of drug-likeness (QED) is 0.180. The molecule has 8 nitrogen and oxygen atoms in total. The first-order chi connectivity index (χ1) is 14.5. The second-order valence-corrected chi connectivity index (χ2v) is 7.64. The number of unbranched alkanes of at least 4 members (excludes halogenated alkanes) is 2. The van der Waals surface area contributed by atoms with Crippen LogP contribution in [0.25, 0.3) is 11.4 Å². The van der Waals surface area contributed by atoms with Crippen LogP contribution in [0.15, 0.2) is 33.8 Å². The fraction of sp³-hybridized carbons (Fsp3) is 0.591. The van der Waals surface area contributed by atoms with Gasteiger partial charge in [-0.3, -0.25) is 4.99 Å². The second-order valence-electron chi connectivity index (χ2n) is 7.64. The molecule has 2 aromatic rings. The van der Waals surface area contributed by atoms with Crippen molar-refractivity contribution in [2.45, 2.75) is 52.1 Å². The summed E-state index contributed by atoms with van der Waals surface area (Å²) >= 11 is 0. The van der Waals surface area contributed by atoms with Crippen molar-refractivity contribution < 1.29 is 14.0 Å². The van der Waals surface area contributed by atoms with Gasteiger partial charge in [-0.2, -0.15) is 4.98 Å². The second kappa shape index (κ2) is 14.2. The topological polar surface area (TPSA) is 93.8 Å². The van der Waals surface area contributed by atoms with Crippen LogP contribution in [0.5, 0.6) is 5.75 Å². The number of ether oxygens (including phenoxy) is 2. The Hall–Kier alpha value is -1.88. The van der Waals surface area contributed by atoms with Gasteiger partial charge in [0.05, 0.1) is 19.3 Å². The van der Waals surface area contributed by atoms with E-state index in [1.54, 1.807) is 14.2 Å². The van der Waals surface area contributed by atoms with Gasteiger partial charge in [-0.05, 0) is 57.9 Å².